The third kappa shape index (κ3) is 2.65. The van der Waals surface area contributed by atoms with E-state index >= 15 is 0 Å². The second-order valence-electron chi connectivity index (χ2n) is 6.56. The van der Waals surface area contributed by atoms with Gasteiger partial charge in [0, 0.05) is 31.2 Å². The lowest BCUT2D eigenvalue weighted by Gasteiger charge is -2.45. The summed E-state index contributed by atoms with van der Waals surface area (Å²) in [5, 5.41) is 3.83. The standard InChI is InChI=1S/C16H28N2/c1-13-11-17-16(14-7-3-2-4-8-14)12-18(13)15-9-5-6-10-15/h5-6,13-17H,2-4,7-12H2,1H3. The molecule has 2 nitrogen and oxygen atoms in total. The van der Waals surface area contributed by atoms with Crippen LogP contribution in [0.15, 0.2) is 12.2 Å². The first-order valence-corrected chi connectivity index (χ1v) is 7.98. The summed E-state index contributed by atoms with van der Waals surface area (Å²) in [6.07, 6.45) is 14.6. The molecule has 0 aromatic carbocycles. The number of hydrogen-bond acceptors (Lipinski definition) is 2. The third-order valence-corrected chi connectivity index (χ3v) is 5.32. The summed E-state index contributed by atoms with van der Waals surface area (Å²) >= 11 is 0. The van der Waals surface area contributed by atoms with E-state index in [0.29, 0.717) is 0 Å². The van der Waals surface area contributed by atoms with Gasteiger partial charge in [-0.15, -0.1) is 0 Å². The Balaban J connectivity index is 1.60. The zero-order valence-electron chi connectivity index (χ0n) is 11.8. The molecule has 1 aliphatic heterocycles. The molecule has 18 heavy (non-hydrogen) atoms. The van der Waals surface area contributed by atoms with Gasteiger partial charge in [0.15, 0.2) is 0 Å². The lowest BCUT2D eigenvalue weighted by Crippen LogP contribution is -2.60. The molecule has 0 aromatic rings. The van der Waals surface area contributed by atoms with Crippen molar-refractivity contribution in [1.29, 1.82) is 0 Å². The number of hydrogen-bond donors (Lipinski definition) is 1. The third-order valence-electron chi connectivity index (χ3n) is 5.32. The smallest absolute Gasteiger partial charge is 0.0224 e. The Hall–Kier alpha value is -0.340. The largest absolute Gasteiger partial charge is 0.311 e. The summed E-state index contributed by atoms with van der Waals surface area (Å²) in [5.74, 6) is 0.947. The van der Waals surface area contributed by atoms with Crippen LogP contribution in [0.1, 0.15) is 51.9 Å². The zero-order chi connectivity index (χ0) is 12.4. The molecular weight excluding hydrogens is 220 g/mol. The molecule has 0 bridgehead atoms. The average Bonchev–Trinajstić information content (AvgIpc) is 2.94. The molecular formula is C16H28N2. The fraction of sp³-hybridized carbons (Fsp3) is 0.875. The maximum Gasteiger partial charge on any atom is 0.0224 e. The van der Waals surface area contributed by atoms with Gasteiger partial charge in [-0.3, -0.25) is 4.90 Å². The lowest BCUT2D eigenvalue weighted by atomic mass is 9.82. The lowest BCUT2D eigenvalue weighted by molar-refractivity contribution is 0.0699. The van der Waals surface area contributed by atoms with E-state index in [2.05, 4.69) is 29.3 Å². The topological polar surface area (TPSA) is 15.3 Å². The predicted molar refractivity (Wildman–Crippen MR) is 76.7 cm³/mol. The molecule has 1 N–H and O–H groups in total. The summed E-state index contributed by atoms with van der Waals surface area (Å²) in [7, 11) is 0. The Morgan fingerprint density at radius 2 is 1.78 bits per heavy atom. The van der Waals surface area contributed by atoms with Gasteiger partial charge >= 0.3 is 0 Å². The highest BCUT2D eigenvalue weighted by Gasteiger charge is 2.34. The summed E-state index contributed by atoms with van der Waals surface area (Å²) in [4.78, 5) is 2.79. The first kappa shape index (κ1) is 12.7. The molecule has 2 heteroatoms. The molecule has 2 unspecified atom stereocenters. The monoisotopic (exact) mass is 248 g/mol. The van der Waals surface area contributed by atoms with Crippen molar-refractivity contribution in [1.82, 2.24) is 10.2 Å². The van der Waals surface area contributed by atoms with Crippen molar-refractivity contribution in [2.45, 2.75) is 70.0 Å². The zero-order valence-corrected chi connectivity index (χ0v) is 11.8. The molecule has 3 aliphatic rings. The first-order chi connectivity index (χ1) is 8.84. The van der Waals surface area contributed by atoms with E-state index in [1.807, 2.05) is 0 Å². The van der Waals surface area contributed by atoms with E-state index in [4.69, 9.17) is 0 Å². The van der Waals surface area contributed by atoms with Crippen LogP contribution in [0.4, 0.5) is 0 Å². The van der Waals surface area contributed by atoms with Crippen molar-refractivity contribution in [2.24, 2.45) is 5.92 Å². The minimum atomic E-state index is 0.717. The molecule has 1 heterocycles. The second-order valence-corrected chi connectivity index (χ2v) is 6.56. The Morgan fingerprint density at radius 1 is 1.06 bits per heavy atom. The van der Waals surface area contributed by atoms with Crippen molar-refractivity contribution in [2.75, 3.05) is 13.1 Å². The van der Waals surface area contributed by atoms with E-state index in [-0.39, 0.29) is 0 Å². The van der Waals surface area contributed by atoms with Gasteiger partial charge in [0.1, 0.15) is 0 Å². The molecule has 0 spiro atoms. The molecule has 2 aliphatic carbocycles. The molecule has 0 aromatic heterocycles. The Labute approximate surface area is 112 Å². The molecule has 1 saturated heterocycles. The van der Waals surface area contributed by atoms with Crippen LogP contribution in [-0.2, 0) is 0 Å². The summed E-state index contributed by atoms with van der Waals surface area (Å²) in [6, 6.07) is 2.28. The number of piperazine rings is 1. The normalized spacial score (nSPS) is 36.3. The highest BCUT2D eigenvalue weighted by Crippen LogP contribution is 2.30. The van der Waals surface area contributed by atoms with Crippen LogP contribution < -0.4 is 5.32 Å². The van der Waals surface area contributed by atoms with Gasteiger partial charge in [0.05, 0.1) is 0 Å². The van der Waals surface area contributed by atoms with Crippen LogP contribution >= 0.6 is 0 Å². The quantitative estimate of drug-likeness (QED) is 0.756. The van der Waals surface area contributed by atoms with E-state index in [1.165, 1.54) is 58.0 Å². The van der Waals surface area contributed by atoms with Crippen LogP contribution in [0.5, 0.6) is 0 Å². The first-order valence-electron chi connectivity index (χ1n) is 7.98. The van der Waals surface area contributed by atoms with Crippen molar-refractivity contribution >= 4 is 0 Å². The SMILES string of the molecule is CC1CNC(C2CCCCC2)CN1C1CC=CC1. The minimum absolute atomic E-state index is 0.717. The summed E-state index contributed by atoms with van der Waals surface area (Å²) in [5.41, 5.74) is 0. The summed E-state index contributed by atoms with van der Waals surface area (Å²) < 4.78 is 0. The van der Waals surface area contributed by atoms with Crippen molar-refractivity contribution < 1.29 is 0 Å². The maximum atomic E-state index is 3.83. The molecule has 1 saturated carbocycles. The van der Waals surface area contributed by atoms with E-state index < -0.39 is 0 Å². The van der Waals surface area contributed by atoms with Crippen LogP contribution in [0.3, 0.4) is 0 Å². The highest BCUT2D eigenvalue weighted by atomic mass is 15.3. The van der Waals surface area contributed by atoms with Gasteiger partial charge < -0.3 is 5.32 Å². The average molecular weight is 248 g/mol. The van der Waals surface area contributed by atoms with Gasteiger partial charge in [-0.2, -0.15) is 0 Å². The number of nitrogens with one attached hydrogen (secondary N) is 1. The van der Waals surface area contributed by atoms with Crippen LogP contribution in [0, 0.1) is 5.92 Å². The number of nitrogens with zero attached hydrogens (tertiary/aromatic N) is 1. The van der Waals surface area contributed by atoms with Crippen molar-refractivity contribution in [3.05, 3.63) is 12.2 Å². The summed E-state index contributed by atoms with van der Waals surface area (Å²) in [6.45, 7) is 4.87. The van der Waals surface area contributed by atoms with Gasteiger partial charge in [0.25, 0.3) is 0 Å². The molecule has 0 amide bonds. The maximum absolute atomic E-state index is 3.83. The van der Waals surface area contributed by atoms with Gasteiger partial charge in [-0.05, 0) is 38.5 Å². The number of rotatable bonds is 2. The van der Waals surface area contributed by atoms with Gasteiger partial charge in [0.2, 0.25) is 0 Å². The van der Waals surface area contributed by atoms with Crippen LogP contribution in [0.25, 0.3) is 0 Å². The van der Waals surface area contributed by atoms with E-state index in [0.717, 1.165) is 24.0 Å². The van der Waals surface area contributed by atoms with E-state index in [9.17, 15) is 0 Å². The molecule has 2 fully saturated rings. The second kappa shape index (κ2) is 5.75. The van der Waals surface area contributed by atoms with Crippen LogP contribution in [-0.4, -0.2) is 36.1 Å². The predicted octanol–water partition coefficient (Wildman–Crippen LogP) is 2.95. The van der Waals surface area contributed by atoms with Crippen molar-refractivity contribution in [3.63, 3.8) is 0 Å². The molecule has 3 rings (SSSR count). The van der Waals surface area contributed by atoms with Gasteiger partial charge in [-0.25, -0.2) is 0 Å². The fourth-order valence-corrected chi connectivity index (χ4v) is 4.15. The highest BCUT2D eigenvalue weighted by molar-refractivity contribution is 5.02. The molecule has 102 valence electrons. The molecule has 2 atom stereocenters. The molecule has 0 radical (unpaired) electrons. The Bertz CT molecular complexity index is 285. The van der Waals surface area contributed by atoms with E-state index in [1.54, 1.807) is 0 Å². The minimum Gasteiger partial charge on any atom is -0.311 e. The van der Waals surface area contributed by atoms with Crippen LogP contribution in [0.2, 0.25) is 0 Å². The van der Waals surface area contributed by atoms with Crippen molar-refractivity contribution in [3.8, 4) is 0 Å². The Morgan fingerprint density at radius 3 is 2.50 bits per heavy atom. The Kier molecular flexibility index (Phi) is 4.05. The fourth-order valence-electron chi connectivity index (χ4n) is 4.15. The van der Waals surface area contributed by atoms with Gasteiger partial charge in [-0.1, -0.05) is 31.4 Å².